The Kier molecular flexibility index (Phi) is 5.49. The second kappa shape index (κ2) is 7.52. The van der Waals surface area contributed by atoms with E-state index in [0.29, 0.717) is 18.5 Å². The zero-order valence-corrected chi connectivity index (χ0v) is 16.9. The number of sulfonamides is 1. The number of ether oxygens (including phenoxy) is 1. The van der Waals surface area contributed by atoms with Crippen LogP contribution in [0.3, 0.4) is 0 Å². The molecule has 1 aliphatic heterocycles. The normalized spacial score (nSPS) is 19.3. The van der Waals surface area contributed by atoms with Gasteiger partial charge in [-0.2, -0.15) is 0 Å². The molecule has 0 aromatic heterocycles. The molecule has 0 aliphatic carbocycles. The van der Waals surface area contributed by atoms with Gasteiger partial charge in [0.05, 0.1) is 31.2 Å². The summed E-state index contributed by atoms with van der Waals surface area (Å²) in [5, 5.41) is 9.54. The van der Waals surface area contributed by atoms with Gasteiger partial charge in [-0.15, -0.1) is 0 Å². The first-order valence-corrected chi connectivity index (χ1v) is 10.7. The molecule has 1 atom stereocenters. The first-order valence-electron chi connectivity index (χ1n) is 9.13. The van der Waals surface area contributed by atoms with Crippen LogP contribution in [0.5, 0.6) is 5.75 Å². The second-order valence-corrected chi connectivity index (χ2v) is 9.66. The van der Waals surface area contributed by atoms with Gasteiger partial charge in [-0.25, -0.2) is 8.42 Å². The van der Waals surface area contributed by atoms with E-state index in [9.17, 15) is 13.5 Å². The van der Waals surface area contributed by atoms with Crippen molar-refractivity contribution in [3.8, 4) is 5.75 Å². The minimum absolute atomic E-state index is 0.0345. The molecule has 5 nitrogen and oxygen atoms in total. The van der Waals surface area contributed by atoms with Crippen molar-refractivity contribution in [3.05, 3.63) is 59.7 Å². The molecule has 0 spiro atoms. The van der Waals surface area contributed by atoms with E-state index in [0.717, 1.165) is 16.9 Å². The standard InChI is InChI=1S/C21H27NO4S/c1-21(2,15-23)17-7-9-18(10-8-17)22-19(11-12-27(22,24)25)13-16-5-4-6-20(14-16)26-3/h4-10,14,19,23H,11-13,15H2,1-3H3. The van der Waals surface area contributed by atoms with Gasteiger partial charge in [-0.1, -0.05) is 38.1 Å². The van der Waals surface area contributed by atoms with E-state index in [-0.39, 0.29) is 23.8 Å². The number of benzene rings is 2. The van der Waals surface area contributed by atoms with Crippen LogP contribution in [0.1, 0.15) is 31.4 Å². The number of methoxy groups -OCH3 is 1. The van der Waals surface area contributed by atoms with Crippen LogP contribution in [0.15, 0.2) is 48.5 Å². The molecule has 3 rings (SSSR count). The van der Waals surface area contributed by atoms with E-state index in [1.807, 2.05) is 62.4 Å². The second-order valence-electron chi connectivity index (χ2n) is 7.70. The van der Waals surface area contributed by atoms with Gasteiger partial charge in [-0.3, -0.25) is 4.31 Å². The minimum Gasteiger partial charge on any atom is -0.497 e. The molecule has 0 bridgehead atoms. The van der Waals surface area contributed by atoms with Crippen molar-refractivity contribution >= 4 is 15.7 Å². The van der Waals surface area contributed by atoms with Crippen LogP contribution in [0.25, 0.3) is 0 Å². The summed E-state index contributed by atoms with van der Waals surface area (Å²) in [4.78, 5) is 0. The zero-order valence-electron chi connectivity index (χ0n) is 16.1. The maximum absolute atomic E-state index is 12.7. The highest BCUT2D eigenvalue weighted by molar-refractivity contribution is 7.93. The Morgan fingerprint density at radius 3 is 2.52 bits per heavy atom. The van der Waals surface area contributed by atoms with Gasteiger partial charge in [-0.05, 0) is 48.2 Å². The van der Waals surface area contributed by atoms with Crippen LogP contribution in [0, 0.1) is 0 Å². The SMILES string of the molecule is COc1cccc(CC2CCS(=O)(=O)N2c2ccc(C(C)(C)CO)cc2)c1. The molecular formula is C21H27NO4S. The summed E-state index contributed by atoms with van der Waals surface area (Å²) in [7, 11) is -1.70. The van der Waals surface area contributed by atoms with Crippen molar-refractivity contribution in [2.45, 2.75) is 38.1 Å². The largest absolute Gasteiger partial charge is 0.497 e. The lowest BCUT2D eigenvalue weighted by atomic mass is 9.85. The molecule has 0 saturated carbocycles. The highest BCUT2D eigenvalue weighted by Crippen LogP contribution is 2.33. The first kappa shape index (κ1) is 19.7. The predicted molar refractivity (Wildman–Crippen MR) is 108 cm³/mol. The van der Waals surface area contributed by atoms with Crippen LogP contribution in [-0.2, 0) is 21.9 Å². The summed E-state index contributed by atoms with van der Waals surface area (Å²) < 4.78 is 32.2. The van der Waals surface area contributed by atoms with Gasteiger partial charge in [0.2, 0.25) is 10.0 Å². The number of aliphatic hydroxyl groups excluding tert-OH is 1. The molecule has 146 valence electrons. The van der Waals surface area contributed by atoms with E-state index in [1.54, 1.807) is 11.4 Å². The highest BCUT2D eigenvalue weighted by atomic mass is 32.2. The number of aliphatic hydroxyl groups is 1. The van der Waals surface area contributed by atoms with Crippen LogP contribution in [-0.4, -0.2) is 39.0 Å². The van der Waals surface area contributed by atoms with Crippen LogP contribution in [0.4, 0.5) is 5.69 Å². The Morgan fingerprint density at radius 2 is 1.89 bits per heavy atom. The van der Waals surface area contributed by atoms with Crippen molar-refractivity contribution in [1.82, 2.24) is 0 Å². The van der Waals surface area contributed by atoms with Crippen molar-refractivity contribution < 1.29 is 18.3 Å². The van der Waals surface area contributed by atoms with E-state index < -0.39 is 10.0 Å². The Labute approximate surface area is 161 Å². The lowest BCUT2D eigenvalue weighted by Crippen LogP contribution is -2.34. The molecule has 27 heavy (non-hydrogen) atoms. The van der Waals surface area contributed by atoms with Gasteiger partial charge < -0.3 is 9.84 Å². The molecule has 0 amide bonds. The van der Waals surface area contributed by atoms with Crippen molar-refractivity contribution in [2.24, 2.45) is 0 Å². The van der Waals surface area contributed by atoms with Gasteiger partial charge in [0.25, 0.3) is 0 Å². The summed E-state index contributed by atoms with van der Waals surface area (Å²) in [6.07, 6.45) is 1.24. The molecular weight excluding hydrogens is 362 g/mol. The third kappa shape index (κ3) is 4.12. The number of anilines is 1. The summed E-state index contributed by atoms with van der Waals surface area (Å²) >= 11 is 0. The Hall–Kier alpha value is -2.05. The van der Waals surface area contributed by atoms with Gasteiger partial charge in [0.1, 0.15) is 5.75 Å². The van der Waals surface area contributed by atoms with E-state index in [4.69, 9.17) is 4.74 Å². The minimum atomic E-state index is -3.33. The smallest absolute Gasteiger partial charge is 0.235 e. The van der Waals surface area contributed by atoms with E-state index in [2.05, 4.69) is 0 Å². The molecule has 6 heteroatoms. The van der Waals surface area contributed by atoms with Crippen molar-refractivity contribution in [3.63, 3.8) is 0 Å². The van der Waals surface area contributed by atoms with Gasteiger partial charge in [0.15, 0.2) is 0 Å². The highest BCUT2D eigenvalue weighted by Gasteiger charge is 2.37. The summed E-state index contributed by atoms with van der Waals surface area (Å²) in [6, 6.07) is 15.1. The predicted octanol–water partition coefficient (Wildman–Crippen LogP) is 3.12. The Bertz CT molecular complexity index is 891. The lowest BCUT2D eigenvalue weighted by molar-refractivity contribution is 0.218. The van der Waals surface area contributed by atoms with E-state index in [1.165, 1.54) is 0 Å². The number of hydrogen-bond donors (Lipinski definition) is 1. The van der Waals surface area contributed by atoms with Crippen molar-refractivity contribution in [2.75, 3.05) is 23.8 Å². The molecule has 1 saturated heterocycles. The van der Waals surface area contributed by atoms with Crippen LogP contribution in [0.2, 0.25) is 0 Å². The van der Waals surface area contributed by atoms with Crippen LogP contribution < -0.4 is 9.04 Å². The van der Waals surface area contributed by atoms with Gasteiger partial charge >= 0.3 is 0 Å². The average Bonchev–Trinajstić information content (AvgIpc) is 2.96. The van der Waals surface area contributed by atoms with E-state index >= 15 is 0 Å². The number of hydrogen-bond acceptors (Lipinski definition) is 4. The quantitative estimate of drug-likeness (QED) is 0.824. The van der Waals surface area contributed by atoms with Crippen LogP contribution >= 0.6 is 0 Å². The lowest BCUT2D eigenvalue weighted by Gasteiger charge is -2.27. The molecule has 1 fully saturated rings. The molecule has 1 N–H and O–H groups in total. The fourth-order valence-corrected chi connectivity index (χ4v) is 5.35. The third-order valence-electron chi connectivity index (χ3n) is 5.24. The maximum Gasteiger partial charge on any atom is 0.235 e. The van der Waals surface area contributed by atoms with Gasteiger partial charge in [0, 0.05) is 5.41 Å². The fourth-order valence-electron chi connectivity index (χ4n) is 3.51. The Morgan fingerprint density at radius 1 is 1.19 bits per heavy atom. The third-order valence-corrected chi connectivity index (χ3v) is 7.10. The molecule has 2 aromatic carbocycles. The summed E-state index contributed by atoms with van der Waals surface area (Å²) in [5.41, 5.74) is 2.36. The Balaban J connectivity index is 1.88. The summed E-state index contributed by atoms with van der Waals surface area (Å²) in [6.45, 7) is 3.95. The monoisotopic (exact) mass is 389 g/mol. The fraction of sp³-hybridized carbons (Fsp3) is 0.429. The number of nitrogens with zero attached hydrogens (tertiary/aromatic N) is 1. The number of rotatable bonds is 6. The molecule has 1 unspecified atom stereocenters. The molecule has 1 aliphatic rings. The topological polar surface area (TPSA) is 66.8 Å². The molecule has 0 radical (unpaired) electrons. The average molecular weight is 390 g/mol. The summed E-state index contributed by atoms with van der Waals surface area (Å²) in [5.74, 6) is 0.932. The zero-order chi connectivity index (χ0) is 19.7. The first-order chi connectivity index (χ1) is 12.8. The maximum atomic E-state index is 12.7. The van der Waals surface area contributed by atoms with Crippen molar-refractivity contribution in [1.29, 1.82) is 0 Å². The molecule has 1 heterocycles. The molecule has 2 aromatic rings.